The first-order valence-electron chi connectivity index (χ1n) is 6.96. The molecule has 0 aliphatic heterocycles. The molecule has 0 aromatic heterocycles. The van der Waals surface area contributed by atoms with E-state index in [2.05, 4.69) is 21.2 Å². The summed E-state index contributed by atoms with van der Waals surface area (Å²) in [6.45, 7) is 1.73. The Kier molecular flexibility index (Phi) is 5.90. The van der Waals surface area contributed by atoms with Gasteiger partial charge in [0.1, 0.15) is 5.75 Å². The Morgan fingerprint density at radius 1 is 1.48 bits per heavy atom. The van der Waals surface area contributed by atoms with Gasteiger partial charge in [0.15, 0.2) is 6.10 Å². The molecular formula is C15H19BrClNO3. The maximum Gasteiger partial charge on any atom is 0.261 e. The van der Waals surface area contributed by atoms with Gasteiger partial charge in [0.2, 0.25) is 0 Å². The van der Waals surface area contributed by atoms with Gasteiger partial charge in [-0.2, -0.15) is 0 Å². The number of rotatable bonds is 5. The molecule has 4 nitrogen and oxygen atoms in total. The third-order valence-corrected chi connectivity index (χ3v) is 4.50. The van der Waals surface area contributed by atoms with Crippen LogP contribution in [0.25, 0.3) is 0 Å². The van der Waals surface area contributed by atoms with E-state index in [4.69, 9.17) is 21.1 Å². The van der Waals surface area contributed by atoms with Crippen molar-refractivity contribution < 1.29 is 14.3 Å². The fourth-order valence-corrected chi connectivity index (χ4v) is 3.26. The highest BCUT2D eigenvalue weighted by Crippen LogP contribution is 2.29. The first-order chi connectivity index (χ1) is 10.0. The lowest BCUT2D eigenvalue weighted by Gasteiger charge is -2.22. The van der Waals surface area contributed by atoms with Crippen LogP contribution in [0.3, 0.4) is 0 Å². The van der Waals surface area contributed by atoms with Crippen molar-refractivity contribution in [2.24, 2.45) is 0 Å². The van der Waals surface area contributed by atoms with Crippen molar-refractivity contribution in [2.45, 2.75) is 44.4 Å². The maximum absolute atomic E-state index is 12.2. The highest BCUT2D eigenvalue weighted by molar-refractivity contribution is 9.10. The van der Waals surface area contributed by atoms with Gasteiger partial charge in [-0.05, 0) is 60.3 Å². The van der Waals surface area contributed by atoms with E-state index < -0.39 is 6.10 Å². The van der Waals surface area contributed by atoms with Gasteiger partial charge in [-0.15, -0.1) is 0 Å². The van der Waals surface area contributed by atoms with Crippen molar-refractivity contribution in [3.05, 3.63) is 27.7 Å². The predicted molar refractivity (Wildman–Crippen MR) is 85.8 cm³/mol. The van der Waals surface area contributed by atoms with Gasteiger partial charge in [-0.3, -0.25) is 4.79 Å². The van der Waals surface area contributed by atoms with E-state index in [9.17, 15) is 4.79 Å². The molecular weight excluding hydrogens is 358 g/mol. The lowest BCUT2D eigenvalue weighted by atomic mass is 10.2. The Hall–Kier alpha value is -0.780. The molecule has 1 aliphatic rings. The third kappa shape index (κ3) is 4.34. The molecule has 1 aromatic rings. The van der Waals surface area contributed by atoms with E-state index in [0.29, 0.717) is 10.8 Å². The zero-order chi connectivity index (χ0) is 15.4. The highest BCUT2D eigenvalue weighted by Gasteiger charge is 2.30. The molecule has 1 amide bonds. The van der Waals surface area contributed by atoms with Crippen LogP contribution in [-0.4, -0.2) is 31.3 Å². The Balaban J connectivity index is 1.93. The summed E-state index contributed by atoms with van der Waals surface area (Å²) in [6, 6.07) is 5.27. The van der Waals surface area contributed by atoms with Crippen LogP contribution in [0.4, 0.5) is 0 Å². The van der Waals surface area contributed by atoms with Crippen LogP contribution in [0.1, 0.15) is 26.2 Å². The first-order valence-corrected chi connectivity index (χ1v) is 8.13. The lowest BCUT2D eigenvalue weighted by molar-refractivity contribution is -0.128. The minimum absolute atomic E-state index is 0.0715. The molecule has 21 heavy (non-hydrogen) atoms. The molecule has 6 heteroatoms. The van der Waals surface area contributed by atoms with Crippen molar-refractivity contribution in [3.8, 4) is 5.75 Å². The molecule has 0 unspecified atom stereocenters. The summed E-state index contributed by atoms with van der Waals surface area (Å²) in [7, 11) is 1.68. The number of ether oxygens (including phenoxy) is 2. The van der Waals surface area contributed by atoms with Gasteiger partial charge in [0, 0.05) is 12.1 Å². The van der Waals surface area contributed by atoms with E-state index in [1.54, 1.807) is 32.2 Å². The molecule has 1 aromatic carbocycles. The molecule has 3 atom stereocenters. The van der Waals surface area contributed by atoms with E-state index in [1.165, 1.54) is 0 Å². The quantitative estimate of drug-likeness (QED) is 0.855. The SMILES string of the molecule is CO[C@@H]1CCC[C@H]1NC(=O)[C@@H](C)Oc1ccc(Cl)cc1Br. The fraction of sp³-hybridized carbons (Fsp3) is 0.533. The second-order valence-corrected chi connectivity index (χ2v) is 6.45. The van der Waals surface area contributed by atoms with Crippen molar-refractivity contribution in [2.75, 3.05) is 7.11 Å². The van der Waals surface area contributed by atoms with Crippen LogP contribution in [0, 0.1) is 0 Å². The number of hydrogen-bond donors (Lipinski definition) is 1. The van der Waals surface area contributed by atoms with Crippen molar-refractivity contribution in [1.82, 2.24) is 5.32 Å². The number of amides is 1. The van der Waals surface area contributed by atoms with Crippen molar-refractivity contribution >= 4 is 33.4 Å². The average Bonchev–Trinajstić information content (AvgIpc) is 2.89. The topological polar surface area (TPSA) is 47.6 Å². The molecule has 0 saturated heterocycles. The molecule has 1 aliphatic carbocycles. The second kappa shape index (κ2) is 7.47. The Bertz CT molecular complexity index is 512. The van der Waals surface area contributed by atoms with Crippen LogP contribution >= 0.6 is 27.5 Å². The zero-order valence-electron chi connectivity index (χ0n) is 12.1. The fourth-order valence-electron chi connectivity index (χ4n) is 2.49. The molecule has 116 valence electrons. The Labute approximate surface area is 138 Å². The highest BCUT2D eigenvalue weighted by atomic mass is 79.9. The van der Waals surface area contributed by atoms with Gasteiger partial charge in [0.05, 0.1) is 16.6 Å². The summed E-state index contributed by atoms with van der Waals surface area (Å²) in [5.41, 5.74) is 0. The molecule has 1 fully saturated rings. The number of carbonyl (C=O) groups excluding carboxylic acids is 1. The van der Waals surface area contributed by atoms with E-state index in [0.717, 1.165) is 23.7 Å². The van der Waals surface area contributed by atoms with Crippen molar-refractivity contribution in [1.29, 1.82) is 0 Å². The van der Waals surface area contributed by atoms with E-state index in [1.807, 2.05) is 0 Å². The summed E-state index contributed by atoms with van der Waals surface area (Å²) in [5, 5.41) is 3.61. The number of benzene rings is 1. The third-order valence-electron chi connectivity index (χ3n) is 3.65. The summed E-state index contributed by atoms with van der Waals surface area (Å²) in [5.74, 6) is 0.461. The van der Waals surface area contributed by atoms with Crippen LogP contribution in [0.2, 0.25) is 5.02 Å². The number of halogens is 2. The summed E-state index contributed by atoms with van der Waals surface area (Å²) in [6.07, 6.45) is 2.52. The minimum atomic E-state index is -0.583. The number of hydrogen-bond acceptors (Lipinski definition) is 3. The van der Waals surface area contributed by atoms with Crippen molar-refractivity contribution in [3.63, 3.8) is 0 Å². The summed E-state index contributed by atoms with van der Waals surface area (Å²) >= 11 is 9.26. The smallest absolute Gasteiger partial charge is 0.261 e. The summed E-state index contributed by atoms with van der Waals surface area (Å²) < 4.78 is 11.8. The number of methoxy groups -OCH3 is 1. The van der Waals surface area contributed by atoms with E-state index >= 15 is 0 Å². The van der Waals surface area contributed by atoms with Gasteiger partial charge in [-0.25, -0.2) is 0 Å². The maximum atomic E-state index is 12.2. The van der Waals surface area contributed by atoms with Gasteiger partial charge in [0.25, 0.3) is 5.91 Å². The van der Waals surface area contributed by atoms with Gasteiger partial charge >= 0.3 is 0 Å². The van der Waals surface area contributed by atoms with Crippen LogP contribution in [0.15, 0.2) is 22.7 Å². The predicted octanol–water partition coefficient (Wildman–Crippen LogP) is 3.55. The monoisotopic (exact) mass is 375 g/mol. The molecule has 0 bridgehead atoms. The number of nitrogens with one attached hydrogen (secondary N) is 1. The number of carbonyl (C=O) groups is 1. The zero-order valence-corrected chi connectivity index (χ0v) is 14.4. The Morgan fingerprint density at radius 2 is 2.24 bits per heavy atom. The summed E-state index contributed by atoms with van der Waals surface area (Å²) in [4.78, 5) is 12.2. The molecule has 1 saturated carbocycles. The average molecular weight is 377 g/mol. The van der Waals surface area contributed by atoms with Gasteiger partial charge < -0.3 is 14.8 Å². The molecule has 2 rings (SSSR count). The lowest BCUT2D eigenvalue weighted by Crippen LogP contribution is -2.46. The standard InChI is InChI=1S/C15H19BrClNO3/c1-9(21-13-7-6-10(17)8-11(13)16)15(19)18-12-4-3-5-14(12)20-2/h6-9,12,14H,3-5H2,1-2H3,(H,18,19)/t9-,12-,14-/m1/s1. The Morgan fingerprint density at radius 3 is 2.90 bits per heavy atom. The molecule has 0 spiro atoms. The minimum Gasteiger partial charge on any atom is -0.480 e. The molecule has 0 heterocycles. The second-order valence-electron chi connectivity index (χ2n) is 5.15. The van der Waals surface area contributed by atoms with Crippen LogP contribution in [-0.2, 0) is 9.53 Å². The first kappa shape index (κ1) is 16.6. The van der Waals surface area contributed by atoms with Crippen LogP contribution < -0.4 is 10.1 Å². The largest absolute Gasteiger partial charge is 0.480 e. The van der Waals surface area contributed by atoms with E-state index in [-0.39, 0.29) is 18.1 Å². The normalized spacial score (nSPS) is 22.9. The molecule has 0 radical (unpaired) electrons. The van der Waals surface area contributed by atoms with Crippen LogP contribution in [0.5, 0.6) is 5.75 Å². The molecule has 1 N–H and O–H groups in total. The van der Waals surface area contributed by atoms with Gasteiger partial charge in [-0.1, -0.05) is 11.6 Å².